The molecule has 0 unspecified atom stereocenters. The predicted molar refractivity (Wildman–Crippen MR) is 142 cm³/mol. The van der Waals surface area contributed by atoms with Gasteiger partial charge >= 0.3 is 0 Å². The van der Waals surface area contributed by atoms with Gasteiger partial charge in [0.05, 0.1) is 0 Å². The summed E-state index contributed by atoms with van der Waals surface area (Å²) in [5, 5.41) is 7.92. The molecule has 1 aliphatic carbocycles. The molecular formula is C33H24. The van der Waals surface area contributed by atoms with E-state index in [0.29, 0.717) is 0 Å². The van der Waals surface area contributed by atoms with Crippen LogP contribution in [0.3, 0.4) is 0 Å². The Kier molecular flexibility index (Phi) is 3.71. The second-order valence-corrected chi connectivity index (χ2v) is 9.78. The summed E-state index contributed by atoms with van der Waals surface area (Å²) < 4.78 is 0. The zero-order valence-corrected chi connectivity index (χ0v) is 18.9. The van der Waals surface area contributed by atoms with Crippen molar-refractivity contribution in [3.63, 3.8) is 0 Å². The lowest BCUT2D eigenvalue weighted by Gasteiger charge is -2.23. The fraction of sp³-hybridized carbons (Fsp3) is 0.0909. The molecule has 0 aliphatic heterocycles. The van der Waals surface area contributed by atoms with Crippen molar-refractivity contribution in [3.8, 4) is 22.3 Å². The van der Waals surface area contributed by atoms with E-state index in [2.05, 4.69) is 123 Å². The third-order valence-corrected chi connectivity index (χ3v) is 7.63. The van der Waals surface area contributed by atoms with Gasteiger partial charge in [-0.15, -0.1) is 0 Å². The highest BCUT2D eigenvalue weighted by atomic mass is 14.4. The maximum absolute atomic E-state index is 2.37. The van der Waals surface area contributed by atoms with Crippen LogP contribution in [0.1, 0.15) is 25.0 Å². The molecule has 0 aromatic heterocycles. The van der Waals surface area contributed by atoms with Crippen LogP contribution in [0.5, 0.6) is 0 Å². The molecule has 0 atom stereocenters. The number of fused-ring (bicyclic) bond motifs is 8. The molecule has 0 heteroatoms. The van der Waals surface area contributed by atoms with Gasteiger partial charge in [-0.05, 0) is 71.8 Å². The van der Waals surface area contributed by atoms with Gasteiger partial charge < -0.3 is 0 Å². The van der Waals surface area contributed by atoms with Gasteiger partial charge in [0.2, 0.25) is 0 Å². The molecule has 0 bridgehead atoms. The predicted octanol–water partition coefficient (Wildman–Crippen LogP) is 9.12. The lowest BCUT2D eigenvalue weighted by Crippen LogP contribution is -2.15. The summed E-state index contributed by atoms with van der Waals surface area (Å²) in [6.45, 7) is 4.73. The highest BCUT2D eigenvalue weighted by molar-refractivity contribution is 6.12. The summed E-state index contributed by atoms with van der Waals surface area (Å²) in [6, 6.07) is 40.4. The Labute approximate surface area is 194 Å². The van der Waals surface area contributed by atoms with E-state index < -0.39 is 0 Å². The van der Waals surface area contributed by atoms with Crippen molar-refractivity contribution in [2.75, 3.05) is 0 Å². The number of benzene rings is 6. The minimum atomic E-state index is 0.00199. The summed E-state index contributed by atoms with van der Waals surface area (Å²) in [5.74, 6) is 0. The fourth-order valence-corrected chi connectivity index (χ4v) is 6.09. The van der Waals surface area contributed by atoms with Crippen molar-refractivity contribution in [2.24, 2.45) is 0 Å². The molecular weight excluding hydrogens is 396 g/mol. The average Bonchev–Trinajstić information content (AvgIpc) is 3.10. The summed E-state index contributed by atoms with van der Waals surface area (Å²) >= 11 is 0. The quantitative estimate of drug-likeness (QED) is 0.233. The lowest BCUT2D eigenvalue weighted by atomic mass is 9.79. The third-order valence-electron chi connectivity index (χ3n) is 7.63. The molecule has 0 saturated carbocycles. The molecule has 0 amide bonds. The smallest absolute Gasteiger partial charge is 0.0165 e. The van der Waals surface area contributed by atoms with Crippen LogP contribution >= 0.6 is 0 Å². The van der Waals surface area contributed by atoms with Gasteiger partial charge in [-0.3, -0.25) is 0 Å². The Bertz CT molecular complexity index is 1730. The second kappa shape index (κ2) is 6.56. The van der Waals surface area contributed by atoms with Crippen molar-refractivity contribution in [1.29, 1.82) is 0 Å². The molecule has 0 spiro atoms. The van der Waals surface area contributed by atoms with E-state index in [1.807, 2.05) is 0 Å². The van der Waals surface area contributed by atoms with Crippen molar-refractivity contribution in [1.82, 2.24) is 0 Å². The first-order valence-corrected chi connectivity index (χ1v) is 11.7. The van der Waals surface area contributed by atoms with E-state index in [4.69, 9.17) is 0 Å². The standard InChI is InChI=1S/C33H24/c1-33(2)31-13-6-5-11-28(31)30-19-18-27-26-16-14-22(20-23(26)15-17-29(27)32(30)33)25-12-7-9-21-8-3-4-10-24(21)25/h3-20H,1-2H3. The molecule has 6 aromatic carbocycles. The first-order valence-electron chi connectivity index (χ1n) is 11.7. The van der Waals surface area contributed by atoms with E-state index in [9.17, 15) is 0 Å². The van der Waals surface area contributed by atoms with Gasteiger partial charge in [-0.25, -0.2) is 0 Å². The van der Waals surface area contributed by atoms with E-state index >= 15 is 0 Å². The summed E-state index contributed by atoms with van der Waals surface area (Å²) in [4.78, 5) is 0. The average molecular weight is 421 g/mol. The maximum Gasteiger partial charge on any atom is 0.0165 e. The van der Waals surface area contributed by atoms with Gasteiger partial charge in [0.25, 0.3) is 0 Å². The minimum Gasteiger partial charge on any atom is -0.0619 e. The van der Waals surface area contributed by atoms with Gasteiger partial charge in [-0.2, -0.15) is 0 Å². The van der Waals surface area contributed by atoms with E-state index in [-0.39, 0.29) is 5.41 Å². The van der Waals surface area contributed by atoms with Crippen LogP contribution in [0, 0.1) is 0 Å². The molecule has 156 valence electrons. The van der Waals surface area contributed by atoms with Crippen LogP contribution in [-0.2, 0) is 5.41 Å². The lowest BCUT2D eigenvalue weighted by molar-refractivity contribution is 0.666. The van der Waals surface area contributed by atoms with Crippen LogP contribution in [0.25, 0.3) is 54.6 Å². The zero-order chi connectivity index (χ0) is 22.2. The van der Waals surface area contributed by atoms with Crippen molar-refractivity contribution < 1.29 is 0 Å². The number of rotatable bonds is 1. The molecule has 0 heterocycles. The summed E-state index contributed by atoms with van der Waals surface area (Å²) in [7, 11) is 0. The Morgan fingerprint density at radius 1 is 0.455 bits per heavy atom. The SMILES string of the molecule is CC1(C)c2ccccc2-c2ccc3c(ccc4cc(-c5cccc6ccccc56)ccc43)c21. The first-order chi connectivity index (χ1) is 16.1. The van der Waals surface area contributed by atoms with E-state index in [0.717, 1.165) is 0 Å². The van der Waals surface area contributed by atoms with Crippen molar-refractivity contribution >= 4 is 32.3 Å². The van der Waals surface area contributed by atoms with Crippen LogP contribution in [0.2, 0.25) is 0 Å². The molecule has 0 N–H and O–H groups in total. The van der Waals surface area contributed by atoms with E-state index in [1.165, 1.54) is 65.7 Å². The van der Waals surface area contributed by atoms with E-state index in [1.54, 1.807) is 0 Å². The largest absolute Gasteiger partial charge is 0.0619 e. The highest BCUT2D eigenvalue weighted by Gasteiger charge is 2.36. The van der Waals surface area contributed by atoms with Gasteiger partial charge in [-0.1, -0.05) is 117 Å². The highest BCUT2D eigenvalue weighted by Crippen LogP contribution is 2.51. The molecule has 0 saturated heterocycles. The molecule has 7 rings (SSSR count). The van der Waals surface area contributed by atoms with Gasteiger partial charge in [0.15, 0.2) is 0 Å². The Morgan fingerprint density at radius 2 is 1.18 bits per heavy atom. The molecule has 0 fully saturated rings. The Balaban J connectivity index is 1.47. The third kappa shape index (κ3) is 2.52. The molecule has 1 aliphatic rings. The minimum absolute atomic E-state index is 0.00199. The summed E-state index contributed by atoms with van der Waals surface area (Å²) in [6.07, 6.45) is 0. The van der Waals surface area contributed by atoms with Gasteiger partial charge in [0.1, 0.15) is 0 Å². The van der Waals surface area contributed by atoms with Crippen LogP contribution < -0.4 is 0 Å². The Hall–Kier alpha value is -3.90. The number of hydrogen-bond donors (Lipinski definition) is 0. The normalized spacial score (nSPS) is 14.0. The molecule has 0 nitrogen and oxygen atoms in total. The second-order valence-electron chi connectivity index (χ2n) is 9.78. The van der Waals surface area contributed by atoms with Crippen molar-refractivity contribution in [3.05, 3.63) is 120 Å². The maximum atomic E-state index is 2.37. The van der Waals surface area contributed by atoms with Crippen LogP contribution in [0.15, 0.2) is 109 Å². The molecule has 6 aromatic rings. The van der Waals surface area contributed by atoms with Crippen molar-refractivity contribution in [2.45, 2.75) is 19.3 Å². The number of hydrogen-bond acceptors (Lipinski definition) is 0. The first kappa shape index (κ1) is 18.7. The van der Waals surface area contributed by atoms with Crippen LogP contribution in [-0.4, -0.2) is 0 Å². The zero-order valence-electron chi connectivity index (χ0n) is 18.9. The molecule has 0 radical (unpaired) electrons. The Morgan fingerprint density at radius 3 is 2.12 bits per heavy atom. The van der Waals surface area contributed by atoms with Gasteiger partial charge in [0, 0.05) is 5.41 Å². The topological polar surface area (TPSA) is 0 Å². The summed E-state index contributed by atoms with van der Waals surface area (Å²) in [5.41, 5.74) is 8.22. The fourth-order valence-electron chi connectivity index (χ4n) is 6.09. The van der Waals surface area contributed by atoms with Crippen LogP contribution in [0.4, 0.5) is 0 Å². The monoisotopic (exact) mass is 420 g/mol. The molecule has 33 heavy (non-hydrogen) atoms.